The van der Waals surface area contributed by atoms with Crippen molar-refractivity contribution < 1.29 is 9.63 Å². The van der Waals surface area contributed by atoms with Crippen LogP contribution in [0.2, 0.25) is 0 Å². The molecule has 1 aliphatic heterocycles. The molecule has 0 radical (unpaired) electrons. The molecule has 0 unspecified atom stereocenters. The molecule has 1 saturated heterocycles. The molecule has 2 fully saturated rings. The van der Waals surface area contributed by atoms with E-state index in [1.165, 1.54) is 17.0 Å². The normalized spacial score (nSPS) is 22.1. The van der Waals surface area contributed by atoms with Crippen LogP contribution in [-0.2, 0) is 15.0 Å². The third kappa shape index (κ3) is 1.72. The number of carbonyl (C=O) groups excluding carboxylic acids is 1. The van der Waals surface area contributed by atoms with E-state index in [9.17, 15) is 4.79 Å². The number of benzene rings is 1. The van der Waals surface area contributed by atoms with E-state index in [-0.39, 0.29) is 11.3 Å². The minimum Gasteiger partial charge on any atom is -0.330 e. The van der Waals surface area contributed by atoms with Gasteiger partial charge in [0.25, 0.3) is 5.91 Å². The highest BCUT2D eigenvalue weighted by molar-refractivity contribution is 5.92. The summed E-state index contributed by atoms with van der Waals surface area (Å²) in [6, 6.07) is 8.05. The summed E-state index contributed by atoms with van der Waals surface area (Å²) in [5.41, 5.74) is 8.11. The molecule has 3 rings (SSSR count). The second-order valence-corrected chi connectivity index (χ2v) is 5.16. The van der Waals surface area contributed by atoms with E-state index in [0.29, 0.717) is 19.6 Å². The van der Waals surface area contributed by atoms with Gasteiger partial charge in [-0.25, -0.2) is 0 Å². The summed E-state index contributed by atoms with van der Waals surface area (Å²) in [4.78, 5) is 17.0. The zero-order valence-electron chi connectivity index (χ0n) is 10.4. The zero-order chi connectivity index (χ0) is 12.6. The summed E-state index contributed by atoms with van der Waals surface area (Å²) >= 11 is 0. The summed E-state index contributed by atoms with van der Waals surface area (Å²) in [7, 11) is 0. The van der Waals surface area contributed by atoms with Crippen molar-refractivity contribution >= 4 is 11.6 Å². The van der Waals surface area contributed by atoms with Crippen LogP contribution in [0.1, 0.15) is 31.2 Å². The van der Waals surface area contributed by atoms with Gasteiger partial charge >= 0.3 is 0 Å². The quantitative estimate of drug-likeness (QED) is 0.883. The Labute approximate surface area is 107 Å². The summed E-state index contributed by atoms with van der Waals surface area (Å²) in [5.74, 6) is 0.0301. The number of hydrogen-bond donors (Lipinski definition) is 1. The summed E-state index contributed by atoms with van der Waals surface area (Å²) in [5, 5.41) is 1.41. The lowest BCUT2D eigenvalue weighted by Crippen LogP contribution is -2.41. The standard InChI is InChI=1S/C14H18N2O2/c15-10-14(6-2-7-14)11-3-1-4-12(9-11)16-13(17)5-8-18-16/h1,3-4,9H,2,5-8,10,15H2. The molecule has 96 valence electrons. The predicted octanol–water partition coefficient (Wildman–Crippen LogP) is 1.74. The van der Waals surface area contributed by atoms with Gasteiger partial charge in [0.1, 0.15) is 0 Å². The van der Waals surface area contributed by atoms with Crippen molar-refractivity contribution in [2.45, 2.75) is 31.1 Å². The van der Waals surface area contributed by atoms with Crippen LogP contribution in [-0.4, -0.2) is 19.1 Å². The Balaban J connectivity index is 1.91. The minimum atomic E-state index is 0.0301. The van der Waals surface area contributed by atoms with Crippen molar-refractivity contribution in [3.8, 4) is 0 Å². The molecule has 0 bridgehead atoms. The molecule has 1 aromatic rings. The molecule has 1 aliphatic carbocycles. The number of carbonyl (C=O) groups is 1. The number of hydrogen-bond acceptors (Lipinski definition) is 3. The first kappa shape index (κ1) is 11.7. The Morgan fingerprint density at radius 3 is 2.78 bits per heavy atom. The van der Waals surface area contributed by atoms with Gasteiger partial charge in [-0.1, -0.05) is 18.6 Å². The van der Waals surface area contributed by atoms with Crippen LogP contribution in [0.3, 0.4) is 0 Å². The van der Waals surface area contributed by atoms with E-state index < -0.39 is 0 Å². The van der Waals surface area contributed by atoms with Crippen LogP contribution in [0.15, 0.2) is 24.3 Å². The van der Waals surface area contributed by atoms with Crippen molar-refractivity contribution in [2.24, 2.45) is 5.73 Å². The van der Waals surface area contributed by atoms with Crippen molar-refractivity contribution in [3.05, 3.63) is 29.8 Å². The monoisotopic (exact) mass is 246 g/mol. The number of amides is 1. The fourth-order valence-corrected chi connectivity index (χ4v) is 2.79. The van der Waals surface area contributed by atoms with E-state index in [1.54, 1.807) is 0 Å². The van der Waals surface area contributed by atoms with Crippen LogP contribution in [0, 0.1) is 0 Å². The number of anilines is 1. The Morgan fingerprint density at radius 2 is 2.22 bits per heavy atom. The van der Waals surface area contributed by atoms with E-state index in [2.05, 4.69) is 12.1 Å². The van der Waals surface area contributed by atoms with Gasteiger partial charge in [0, 0.05) is 12.0 Å². The Bertz CT molecular complexity index is 463. The average molecular weight is 246 g/mol. The van der Waals surface area contributed by atoms with Crippen molar-refractivity contribution in [1.82, 2.24) is 0 Å². The van der Waals surface area contributed by atoms with Gasteiger partial charge in [0.15, 0.2) is 0 Å². The van der Waals surface area contributed by atoms with Gasteiger partial charge in [0.05, 0.1) is 18.7 Å². The minimum absolute atomic E-state index is 0.0301. The first-order valence-electron chi connectivity index (χ1n) is 6.52. The topological polar surface area (TPSA) is 55.6 Å². The number of hydroxylamine groups is 1. The van der Waals surface area contributed by atoms with Crippen LogP contribution < -0.4 is 10.8 Å². The molecule has 1 aromatic carbocycles. The lowest BCUT2D eigenvalue weighted by Gasteiger charge is -2.41. The SMILES string of the molecule is NCC1(c2cccc(N3OCCC3=O)c2)CCC1. The molecule has 2 N–H and O–H groups in total. The van der Waals surface area contributed by atoms with Crippen LogP contribution in [0.4, 0.5) is 5.69 Å². The Hall–Kier alpha value is -1.39. The first-order valence-corrected chi connectivity index (χ1v) is 6.52. The molecule has 0 aromatic heterocycles. The molecule has 4 heteroatoms. The molecule has 1 heterocycles. The molecule has 18 heavy (non-hydrogen) atoms. The summed E-state index contributed by atoms with van der Waals surface area (Å²) < 4.78 is 0. The van der Waals surface area contributed by atoms with Gasteiger partial charge in [0.2, 0.25) is 0 Å². The van der Waals surface area contributed by atoms with E-state index in [1.807, 2.05) is 12.1 Å². The average Bonchev–Trinajstić information content (AvgIpc) is 2.75. The lowest BCUT2D eigenvalue weighted by atomic mass is 9.64. The largest absolute Gasteiger partial charge is 0.330 e. The van der Waals surface area contributed by atoms with Crippen molar-refractivity contribution in [2.75, 3.05) is 18.2 Å². The molecular weight excluding hydrogens is 228 g/mol. The molecule has 4 nitrogen and oxygen atoms in total. The van der Waals surface area contributed by atoms with Gasteiger partial charge in [-0.2, -0.15) is 5.06 Å². The van der Waals surface area contributed by atoms with E-state index in [0.717, 1.165) is 18.5 Å². The number of rotatable bonds is 3. The fraction of sp³-hybridized carbons (Fsp3) is 0.500. The lowest BCUT2D eigenvalue weighted by molar-refractivity contribution is -0.119. The van der Waals surface area contributed by atoms with E-state index in [4.69, 9.17) is 10.6 Å². The van der Waals surface area contributed by atoms with Crippen molar-refractivity contribution in [3.63, 3.8) is 0 Å². The third-order valence-electron chi connectivity index (χ3n) is 4.16. The van der Waals surface area contributed by atoms with Crippen LogP contribution in [0.5, 0.6) is 0 Å². The number of nitrogens with two attached hydrogens (primary N) is 1. The second kappa shape index (κ2) is 4.37. The van der Waals surface area contributed by atoms with Gasteiger partial charge in [-0.05, 0) is 30.5 Å². The van der Waals surface area contributed by atoms with Gasteiger partial charge in [-0.3, -0.25) is 9.63 Å². The molecule has 1 amide bonds. The van der Waals surface area contributed by atoms with Gasteiger partial charge in [-0.15, -0.1) is 0 Å². The molecular formula is C14H18N2O2. The smallest absolute Gasteiger partial charge is 0.253 e. The highest BCUT2D eigenvalue weighted by Crippen LogP contribution is 2.43. The molecule has 0 spiro atoms. The molecule has 2 aliphatic rings. The van der Waals surface area contributed by atoms with Crippen molar-refractivity contribution in [1.29, 1.82) is 0 Å². The third-order valence-corrected chi connectivity index (χ3v) is 4.16. The zero-order valence-corrected chi connectivity index (χ0v) is 10.4. The number of nitrogens with zero attached hydrogens (tertiary/aromatic N) is 1. The first-order chi connectivity index (χ1) is 8.75. The van der Waals surface area contributed by atoms with Crippen LogP contribution >= 0.6 is 0 Å². The summed E-state index contributed by atoms with van der Waals surface area (Å²) in [6.45, 7) is 1.15. The van der Waals surface area contributed by atoms with Crippen LogP contribution in [0.25, 0.3) is 0 Å². The molecule has 0 atom stereocenters. The Morgan fingerprint density at radius 1 is 1.39 bits per heavy atom. The Kier molecular flexibility index (Phi) is 2.84. The maximum atomic E-state index is 11.7. The molecule has 1 saturated carbocycles. The maximum absolute atomic E-state index is 11.7. The van der Waals surface area contributed by atoms with Gasteiger partial charge < -0.3 is 5.73 Å². The highest BCUT2D eigenvalue weighted by Gasteiger charge is 2.37. The van der Waals surface area contributed by atoms with E-state index >= 15 is 0 Å². The summed E-state index contributed by atoms with van der Waals surface area (Å²) in [6.07, 6.45) is 3.98. The maximum Gasteiger partial charge on any atom is 0.253 e. The highest BCUT2D eigenvalue weighted by atomic mass is 16.7. The fourth-order valence-electron chi connectivity index (χ4n) is 2.79. The predicted molar refractivity (Wildman–Crippen MR) is 69.1 cm³/mol. The second-order valence-electron chi connectivity index (χ2n) is 5.16.